The second-order valence-electron chi connectivity index (χ2n) is 8.49. The Morgan fingerprint density at radius 2 is 1.79 bits per heavy atom. The van der Waals surface area contributed by atoms with E-state index in [9.17, 15) is 9.59 Å². The Labute approximate surface area is 192 Å². The number of pyridine rings is 1. The highest BCUT2D eigenvalue weighted by Gasteiger charge is 2.26. The Hall–Kier alpha value is -3.86. The number of aliphatic imine (C=N–C) groups is 1. The first-order valence-corrected chi connectivity index (χ1v) is 11.4. The molecular formula is C28H25N3O2. The summed E-state index contributed by atoms with van der Waals surface area (Å²) in [6, 6.07) is 14.7. The number of carbonyl (C=O) groups excluding carboxylic acids is 2. The minimum atomic E-state index is -0.355. The second kappa shape index (κ2) is 9.33. The van der Waals surface area contributed by atoms with Crippen LogP contribution in [0.4, 0.5) is 0 Å². The van der Waals surface area contributed by atoms with Gasteiger partial charge in [0, 0.05) is 24.9 Å². The summed E-state index contributed by atoms with van der Waals surface area (Å²) in [5, 5.41) is 0. The quantitative estimate of drug-likeness (QED) is 0.517. The van der Waals surface area contributed by atoms with Crippen LogP contribution in [0.3, 0.4) is 0 Å². The molecular weight excluding hydrogens is 410 g/mol. The van der Waals surface area contributed by atoms with Crippen molar-refractivity contribution < 1.29 is 9.59 Å². The van der Waals surface area contributed by atoms with E-state index in [4.69, 9.17) is 0 Å². The second-order valence-corrected chi connectivity index (χ2v) is 8.49. The first kappa shape index (κ1) is 21.0. The predicted molar refractivity (Wildman–Crippen MR) is 129 cm³/mol. The molecule has 164 valence electrons. The van der Waals surface area contributed by atoms with Crippen molar-refractivity contribution in [3.05, 3.63) is 108 Å². The van der Waals surface area contributed by atoms with E-state index in [1.165, 1.54) is 17.2 Å². The van der Waals surface area contributed by atoms with E-state index < -0.39 is 0 Å². The van der Waals surface area contributed by atoms with Crippen molar-refractivity contribution in [2.24, 2.45) is 10.9 Å². The SMILES string of the molecule is O=C(CCc1cn2cc(CCCc3ccccc3)ccc2n1)C1=CC(=O)C2C=CC=CC2=N1. The van der Waals surface area contributed by atoms with Crippen molar-refractivity contribution in [2.45, 2.75) is 32.1 Å². The van der Waals surface area contributed by atoms with Crippen LogP contribution in [0.25, 0.3) is 5.65 Å². The van der Waals surface area contributed by atoms with Crippen LogP contribution in [0.1, 0.15) is 29.7 Å². The monoisotopic (exact) mass is 435 g/mol. The third kappa shape index (κ3) is 4.82. The van der Waals surface area contributed by atoms with E-state index in [0.717, 1.165) is 30.6 Å². The number of allylic oxidation sites excluding steroid dienone is 6. The van der Waals surface area contributed by atoms with Gasteiger partial charge in [-0.05, 0) is 49.0 Å². The number of hydrogen-bond donors (Lipinski definition) is 0. The lowest BCUT2D eigenvalue weighted by Crippen LogP contribution is -2.26. The zero-order valence-electron chi connectivity index (χ0n) is 18.4. The van der Waals surface area contributed by atoms with Crippen molar-refractivity contribution in [1.29, 1.82) is 0 Å². The fraction of sp³-hybridized carbons (Fsp3) is 0.214. The first-order valence-electron chi connectivity index (χ1n) is 11.4. The Kier molecular flexibility index (Phi) is 5.94. The summed E-state index contributed by atoms with van der Waals surface area (Å²) in [5.74, 6) is -0.570. The fourth-order valence-corrected chi connectivity index (χ4v) is 4.29. The summed E-state index contributed by atoms with van der Waals surface area (Å²) in [4.78, 5) is 34.1. The summed E-state index contributed by atoms with van der Waals surface area (Å²) in [6.07, 6.45) is 16.7. The van der Waals surface area contributed by atoms with E-state index >= 15 is 0 Å². The van der Waals surface area contributed by atoms with Crippen LogP contribution in [0.15, 0.2) is 95.9 Å². The molecule has 3 heterocycles. The standard InChI is InChI=1S/C28H25N3O2/c32-26(25-17-27(33)23-11-4-5-12-24(23)30-25)15-14-22-19-31-18-21(13-16-28(31)29-22)10-6-9-20-7-2-1-3-8-20/h1-5,7-8,11-13,16-19,23H,6,9-10,14-15H2. The number of ketones is 2. The van der Waals surface area contributed by atoms with Crippen LogP contribution >= 0.6 is 0 Å². The molecule has 1 aliphatic carbocycles. The van der Waals surface area contributed by atoms with Crippen LogP contribution in [0.2, 0.25) is 0 Å². The van der Waals surface area contributed by atoms with Crippen molar-refractivity contribution in [3.63, 3.8) is 0 Å². The molecule has 0 bridgehead atoms. The number of nitrogens with zero attached hydrogens (tertiary/aromatic N) is 3. The highest BCUT2D eigenvalue weighted by Crippen LogP contribution is 2.21. The summed E-state index contributed by atoms with van der Waals surface area (Å²) in [5.41, 5.74) is 5.25. The van der Waals surface area contributed by atoms with E-state index in [0.29, 0.717) is 12.1 Å². The normalized spacial score (nSPS) is 17.1. The van der Waals surface area contributed by atoms with Crippen molar-refractivity contribution in [1.82, 2.24) is 9.38 Å². The average molecular weight is 436 g/mol. The molecule has 0 radical (unpaired) electrons. The number of benzene rings is 1. The predicted octanol–water partition coefficient (Wildman–Crippen LogP) is 4.66. The Morgan fingerprint density at radius 3 is 2.67 bits per heavy atom. The molecule has 0 saturated carbocycles. The minimum Gasteiger partial charge on any atom is -0.307 e. The smallest absolute Gasteiger partial charge is 0.181 e. The molecule has 33 heavy (non-hydrogen) atoms. The molecule has 0 N–H and O–H groups in total. The van der Waals surface area contributed by atoms with Crippen molar-refractivity contribution in [2.75, 3.05) is 0 Å². The van der Waals surface area contributed by atoms with Crippen LogP contribution in [-0.4, -0.2) is 26.7 Å². The van der Waals surface area contributed by atoms with Gasteiger partial charge in [0.2, 0.25) is 0 Å². The molecule has 0 amide bonds. The molecule has 5 rings (SSSR count). The maximum atomic E-state index is 12.7. The number of imidazole rings is 1. The van der Waals surface area contributed by atoms with Gasteiger partial charge in [-0.1, -0.05) is 54.6 Å². The average Bonchev–Trinajstić information content (AvgIpc) is 3.25. The van der Waals surface area contributed by atoms with Crippen LogP contribution < -0.4 is 0 Å². The molecule has 1 unspecified atom stereocenters. The number of rotatable bonds is 8. The maximum absolute atomic E-state index is 12.7. The third-order valence-electron chi connectivity index (χ3n) is 6.07. The molecule has 2 aliphatic rings. The summed E-state index contributed by atoms with van der Waals surface area (Å²) < 4.78 is 2.03. The molecule has 1 aliphatic heterocycles. The fourth-order valence-electron chi connectivity index (χ4n) is 4.29. The summed E-state index contributed by atoms with van der Waals surface area (Å²) in [6.45, 7) is 0. The molecule has 5 nitrogen and oxygen atoms in total. The van der Waals surface area contributed by atoms with Crippen LogP contribution in [0, 0.1) is 5.92 Å². The van der Waals surface area contributed by atoms with Gasteiger partial charge < -0.3 is 4.40 Å². The molecule has 3 aromatic rings. The number of hydrogen-bond acceptors (Lipinski definition) is 4. The molecule has 1 aromatic carbocycles. The van der Waals surface area contributed by atoms with E-state index in [1.54, 1.807) is 6.08 Å². The third-order valence-corrected chi connectivity index (χ3v) is 6.07. The molecule has 0 saturated heterocycles. The molecule has 5 heteroatoms. The molecule has 0 spiro atoms. The number of aryl methyl sites for hydroxylation is 3. The maximum Gasteiger partial charge on any atom is 0.181 e. The van der Waals surface area contributed by atoms with Gasteiger partial charge in [-0.15, -0.1) is 0 Å². The lowest BCUT2D eigenvalue weighted by atomic mass is 9.90. The Balaban J connectivity index is 1.19. The van der Waals surface area contributed by atoms with E-state index in [2.05, 4.69) is 46.5 Å². The number of Topliss-reactive ketones (excluding diaryl/α,β-unsaturated/α-hetero) is 1. The largest absolute Gasteiger partial charge is 0.307 e. The van der Waals surface area contributed by atoms with Crippen LogP contribution in [-0.2, 0) is 28.9 Å². The van der Waals surface area contributed by atoms with Gasteiger partial charge in [0.15, 0.2) is 11.6 Å². The van der Waals surface area contributed by atoms with Gasteiger partial charge in [-0.3, -0.25) is 9.59 Å². The van der Waals surface area contributed by atoms with Gasteiger partial charge in [0.1, 0.15) is 11.3 Å². The molecule has 2 aromatic heterocycles. The summed E-state index contributed by atoms with van der Waals surface area (Å²) in [7, 11) is 0. The van der Waals surface area contributed by atoms with Gasteiger partial charge in [0.25, 0.3) is 0 Å². The summed E-state index contributed by atoms with van der Waals surface area (Å²) >= 11 is 0. The van der Waals surface area contributed by atoms with Gasteiger partial charge in [0.05, 0.1) is 17.3 Å². The minimum absolute atomic E-state index is 0.0866. The lowest BCUT2D eigenvalue weighted by Gasteiger charge is -2.17. The van der Waals surface area contributed by atoms with Crippen molar-refractivity contribution in [3.8, 4) is 0 Å². The van der Waals surface area contributed by atoms with Crippen LogP contribution in [0.5, 0.6) is 0 Å². The van der Waals surface area contributed by atoms with Gasteiger partial charge >= 0.3 is 0 Å². The number of aromatic nitrogens is 2. The number of carbonyl (C=O) groups is 2. The van der Waals surface area contributed by atoms with Gasteiger partial charge in [-0.25, -0.2) is 9.98 Å². The lowest BCUT2D eigenvalue weighted by molar-refractivity contribution is -0.118. The van der Waals surface area contributed by atoms with E-state index in [-0.39, 0.29) is 29.6 Å². The van der Waals surface area contributed by atoms with Crippen molar-refractivity contribution >= 4 is 22.9 Å². The zero-order valence-corrected chi connectivity index (χ0v) is 18.4. The Bertz CT molecular complexity index is 1330. The van der Waals surface area contributed by atoms with E-state index in [1.807, 2.05) is 41.0 Å². The topological polar surface area (TPSA) is 63.8 Å². The molecule has 1 atom stereocenters. The zero-order chi connectivity index (χ0) is 22.6. The highest BCUT2D eigenvalue weighted by atomic mass is 16.1. The molecule has 0 fully saturated rings. The Morgan fingerprint density at radius 1 is 0.939 bits per heavy atom. The van der Waals surface area contributed by atoms with Gasteiger partial charge in [-0.2, -0.15) is 0 Å². The first-order chi connectivity index (χ1) is 16.2. The highest BCUT2D eigenvalue weighted by molar-refractivity contribution is 6.21. The number of fused-ring (bicyclic) bond motifs is 2.